The molecule has 1 atom stereocenters. The fraction of sp³-hybridized carbons (Fsp3) is 0.214. The number of para-hydroxylation sites is 1. The van der Waals surface area contributed by atoms with Crippen molar-refractivity contribution in [3.63, 3.8) is 0 Å². The van der Waals surface area contributed by atoms with E-state index in [-0.39, 0.29) is 11.3 Å². The number of aliphatic hydroxyl groups excluding tert-OH is 1. The summed E-state index contributed by atoms with van der Waals surface area (Å²) in [7, 11) is 0. The van der Waals surface area contributed by atoms with Gasteiger partial charge in [-0.15, -0.1) is 0 Å². The van der Waals surface area contributed by atoms with Gasteiger partial charge in [-0.3, -0.25) is 14.5 Å². The monoisotopic (exact) mass is 441 g/mol. The number of aliphatic hydroxyl groups is 1. The second kappa shape index (κ2) is 8.32. The van der Waals surface area contributed by atoms with E-state index in [9.17, 15) is 19.1 Å². The molecule has 0 spiro atoms. The standard InChI is InChI=1S/C28H24FNO3/c1-17-6-2-5-9-23(17)30-25(19-12-14-22(29)15-13-19)24(27(32)28(30)33)26(31)21-11-10-18-7-3-4-8-20(18)16-21/h2,5-6,9-16,25,31H,3-4,7-8H2,1H3/b26-24-. The first kappa shape index (κ1) is 21.1. The van der Waals surface area contributed by atoms with Crippen LogP contribution in [0.1, 0.15) is 46.7 Å². The normalized spacial score (nSPS) is 19.6. The average Bonchev–Trinajstić information content (AvgIpc) is 3.09. The Kier molecular flexibility index (Phi) is 5.33. The number of nitrogens with zero attached hydrogens (tertiary/aromatic N) is 1. The number of halogens is 1. The molecular formula is C28H24FNO3. The van der Waals surface area contributed by atoms with Crippen molar-refractivity contribution in [2.45, 2.75) is 38.6 Å². The molecule has 4 nitrogen and oxygen atoms in total. The molecule has 1 amide bonds. The Balaban J connectivity index is 1.71. The van der Waals surface area contributed by atoms with Crippen molar-refractivity contribution in [2.75, 3.05) is 4.90 Å². The highest BCUT2D eigenvalue weighted by Crippen LogP contribution is 2.43. The molecule has 1 aliphatic carbocycles. The van der Waals surface area contributed by atoms with Crippen LogP contribution in [0.25, 0.3) is 5.76 Å². The lowest BCUT2D eigenvalue weighted by Gasteiger charge is -2.27. The van der Waals surface area contributed by atoms with Gasteiger partial charge in [0.25, 0.3) is 11.7 Å². The summed E-state index contributed by atoms with van der Waals surface area (Å²) in [4.78, 5) is 27.9. The Morgan fingerprint density at radius 2 is 1.64 bits per heavy atom. The van der Waals surface area contributed by atoms with Crippen LogP contribution in [-0.4, -0.2) is 16.8 Å². The van der Waals surface area contributed by atoms with Gasteiger partial charge < -0.3 is 5.11 Å². The summed E-state index contributed by atoms with van der Waals surface area (Å²) in [5.74, 6) is -2.07. The van der Waals surface area contributed by atoms with Gasteiger partial charge in [0.15, 0.2) is 0 Å². The zero-order valence-electron chi connectivity index (χ0n) is 18.3. The molecule has 5 rings (SSSR count). The number of rotatable bonds is 3. The summed E-state index contributed by atoms with van der Waals surface area (Å²) in [6.07, 6.45) is 4.16. The molecule has 3 aromatic carbocycles. The molecule has 3 aromatic rings. The topological polar surface area (TPSA) is 57.6 Å². The van der Waals surface area contributed by atoms with Crippen LogP contribution in [0.3, 0.4) is 0 Å². The molecule has 0 aromatic heterocycles. The fourth-order valence-corrected chi connectivity index (χ4v) is 4.91. The molecule has 5 heteroatoms. The number of anilines is 1. The lowest BCUT2D eigenvalue weighted by molar-refractivity contribution is -0.132. The number of hydrogen-bond donors (Lipinski definition) is 1. The quantitative estimate of drug-likeness (QED) is 0.325. The number of ketones is 1. The third-order valence-corrected chi connectivity index (χ3v) is 6.63. The summed E-state index contributed by atoms with van der Waals surface area (Å²) in [6.45, 7) is 1.86. The first-order chi connectivity index (χ1) is 16.0. The maximum Gasteiger partial charge on any atom is 0.300 e. The molecule has 1 saturated heterocycles. The lowest BCUT2D eigenvalue weighted by Crippen LogP contribution is -2.30. The molecule has 2 aliphatic rings. The highest BCUT2D eigenvalue weighted by Gasteiger charge is 2.47. The molecule has 1 N–H and O–H groups in total. The average molecular weight is 442 g/mol. The Hall–Kier alpha value is -3.73. The number of Topliss-reactive ketones (excluding diaryl/α,β-unsaturated/α-hetero) is 1. The van der Waals surface area contributed by atoms with Crippen LogP contribution in [0.4, 0.5) is 10.1 Å². The van der Waals surface area contributed by atoms with Crippen LogP contribution in [0.15, 0.2) is 72.3 Å². The predicted molar refractivity (Wildman–Crippen MR) is 125 cm³/mol. The number of fused-ring (bicyclic) bond motifs is 1. The smallest absolute Gasteiger partial charge is 0.300 e. The van der Waals surface area contributed by atoms with E-state index in [1.165, 1.54) is 22.6 Å². The Morgan fingerprint density at radius 3 is 2.36 bits per heavy atom. The molecule has 0 saturated carbocycles. The zero-order chi connectivity index (χ0) is 23.1. The van der Waals surface area contributed by atoms with Crippen LogP contribution in [0, 0.1) is 12.7 Å². The van der Waals surface area contributed by atoms with Crippen molar-refractivity contribution in [1.82, 2.24) is 0 Å². The third-order valence-electron chi connectivity index (χ3n) is 6.63. The van der Waals surface area contributed by atoms with Gasteiger partial charge >= 0.3 is 0 Å². The summed E-state index contributed by atoms with van der Waals surface area (Å²) in [6, 6.07) is 17.9. The maximum absolute atomic E-state index is 13.7. The number of carbonyl (C=O) groups is 2. The van der Waals surface area contributed by atoms with Crippen LogP contribution >= 0.6 is 0 Å². The molecule has 1 unspecified atom stereocenters. The first-order valence-corrected chi connectivity index (χ1v) is 11.2. The predicted octanol–water partition coefficient (Wildman–Crippen LogP) is 5.64. The maximum atomic E-state index is 13.7. The minimum Gasteiger partial charge on any atom is -0.507 e. The second-order valence-electron chi connectivity index (χ2n) is 8.70. The molecule has 0 radical (unpaired) electrons. The zero-order valence-corrected chi connectivity index (χ0v) is 18.3. The van der Waals surface area contributed by atoms with Crippen molar-refractivity contribution >= 4 is 23.1 Å². The summed E-state index contributed by atoms with van der Waals surface area (Å²) in [5, 5.41) is 11.3. The third kappa shape index (κ3) is 3.63. The van der Waals surface area contributed by atoms with E-state index in [4.69, 9.17) is 0 Å². The van der Waals surface area contributed by atoms with Gasteiger partial charge in [0.1, 0.15) is 11.6 Å². The largest absolute Gasteiger partial charge is 0.507 e. The van der Waals surface area contributed by atoms with Gasteiger partial charge in [0.2, 0.25) is 0 Å². The van der Waals surface area contributed by atoms with Crippen LogP contribution < -0.4 is 4.90 Å². The second-order valence-corrected chi connectivity index (χ2v) is 8.70. The molecule has 166 valence electrons. The lowest BCUT2D eigenvalue weighted by atomic mass is 9.88. The molecule has 1 aliphatic heterocycles. The summed E-state index contributed by atoms with van der Waals surface area (Å²) >= 11 is 0. The highest BCUT2D eigenvalue weighted by atomic mass is 19.1. The highest BCUT2D eigenvalue weighted by molar-refractivity contribution is 6.51. The van der Waals surface area contributed by atoms with Gasteiger partial charge in [0.05, 0.1) is 11.6 Å². The van der Waals surface area contributed by atoms with Gasteiger partial charge in [-0.1, -0.05) is 42.5 Å². The van der Waals surface area contributed by atoms with Crippen LogP contribution in [-0.2, 0) is 22.4 Å². The molecule has 1 fully saturated rings. The van der Waals surface area contributed by atoms with Gasteiger partial charge in [-0.25, -0.2) is 4.39 Å². The van der Waals surface area contributed by atoms with Crippen molar-refractivity contribution in [2.24, 2.45) is 0 Å². The Bertz CT molecular complexity index is 1290. The summed E-state index contributed by atoms with van der Waals surface area (Å²) < 4.78 is 13.7. The SMILES string of the molecule is Cc1ccccc1N1C(=O)C(=O)/C(=C(\O)c2ccc3c(c2)CCCC3)C1c1ccc(F)cc1. The number of carbonyl (C=O) groups excluding carboxylic acids is 2. The van der Waals surface area contributed by atoms with E-state index in [1.807, 2.05) is 37.3 Å². The van der Waals surface area contributed by atoms with Gasteiger partial charge in [-0.05, 0) is 79.1 Å². The van der Waals surface area contributed by atoms with Crippen molar-refractivity contribution in [3.05, 3.63) is 106 Å². The van der Waals surface area contributed by atoms with Crippen molar-refractivity contribution in [3.8, 4) is 0 Å². The van der Waals surface area contributed by atoms with Gasteiger partial charge in [-0.2, -0.15) is 0 Å². The fourth-order valence-electron chi connectivity index (χ4n) is 4.91. The number of benzene rings is 3. The number of hydrogen-bond acceptors (Lipinski definition) is 3. The number of aryl methyl sites for hydroxylation is 3. The van der Waals surface area contributed by atoms with Crippen LogP contribution in [0.5, 0.6) is 0 Å². The van der Waals surface area contributed by atoms with E-state index in [2.05, 4.69) is 0 Å². The summed E-state index contributed by atoms with van der Waals surface area (Å²) in [5.41, 5.74) is 4.92. The van der Waals surface area contributed by atoms with Crippen molar-refractivity contribution in [1.29, 1.82) is 0 Å². The Labute approximate surface area is 192 Å². The van der Waals surface area contributed by atoms with Gasteiger partial charge in [0, 0.05) is 11.3 Å². The minimum atomic E-state index is -0.859. The molecule has 33 heavy (non-hydrogen) atoms. The van der Waals surface area contributed by atoms with E-state index in [0.29, 0.717) is 16.8 Å². The van der Waals surface area contributed by atoms with E-state index in [1.54, 1.807) is 24.3 Å². The Morgan fingerprint density at radius 1 is 0.939 bits per heavy atom. The molecular weight excluding hydrogens is 417 g/mol. The molecule has 1 heterocycles. The molecule has 0 bridgehead atoms. The van der Waals surface area contributed by atoms with E-state index in [0.717, 1.165) is 36.8 Å². The first-order valence-electron chi connectivity index (χ1n) is 11.2. The number of amides is 1. The van der Waals surface area contributed by atoms with Crippen molar-refractivity contribution < 1.29 is 19.1 Å². The van der Waals surface area contributed by atoms with Crippen LogP contribution in [0.2, 0.25) is 0 Å². The van der Waals surface area contributed by atoms with E-state index < -0.39 is 23.5 Å². The minimum absolute atomic E-state index is 0.0191. The van der Waals surface area contributed by atoms with E-state index >= 15 is 0 Å².